The van der Waals surface area contributed by atoms with E-state index in [-0.39, 0.29) is 5.43 Å². The maximum atomic E-state index is 12.6. The standard InChI is InChI=1S/C15H18N2OS2/c1-4-19-15-16-12-13(18)10-6-5-7-11(10)20-14(12)17(15)8-9(2)3/h2,4-8H2,1,3H3. The predicted octanol–water partition coefficient (Wildman–Crippen LogP) is 3.63. The monoisotopic (exact) mass is 306 g/mol. The van der Waals surface area contributed by atoms with E-state index in [1.165, 1.54) is 4.88 Å². The van der Waals surface area contributed by atoms with Gasteiger partial charge in [-0.05, 0) is 31.9 Å². The summed E-state index contributed by atoms with van der Waals surface area (Å²) in [6.07, 6.45) is 3.06. The van der Waals surface area contributed by atoms with Crippen LogP contribution in [0.4, 0.5) is 0 Å². The Bertz CT molecular complexity index is 742. The van der Waals surface area contributed by atoms with E-state index in [0.29, 0.717) is 5.52 Å². The van der Waals surface area contributed by atoms with Gasteiger partial charge in [0.2, 0.25) is 5.43 Å². The Morgan fingerprint density at radius 3 is 3.00 bits per heavy atom. The van der Waals surface area contributed by atoms with E-state index in [1.54, 1.807) is 23.1 Å². The summed E-state index contributed by atoms with van der Waals surface area (Å²) in [5.74, 6) is 0.956. The fraction of sp³-hybridized carbons (Fsp3) is 0.467. The van der Waals surface area contributed by atoms with Crippen molar-refractivity contribution < 1.29 is 0 Å². The summed E-state index contributed by atoms with van der Waals surface area (Å²) in [6, 6.07) is 0. The van der Waals surface area contributed by atoms with Crippen LogP contribution in [0.3, 0.4) is 0 Å². The maximum Gasteiger partial charge on any atom is 0.211 e. The van der Waals surface area contributed by atoms with Gasteiger partial charge in [0, 0.05) is 17.0 Å². The minimum absolute atomic E-state index is 0.157. The first kappa shape index (κ1) is 13.9. The van der Waals surface area contributed by atoms with Gasteiger partial charge in [-0.3, -0.25) is 4.79 Å². The van der Waals surface area contributed by atoms with E-state index in [0.717, 1.165) is 52.7 Å². The van der Waals surface area contributed by atoms with Crippen LogP contribution in [0.15, 0.2) is 22.1 Å². The van der Waals surface area contributed by atoms with Gasteiger partial charge in [-0.15, -0.1) is 11.3 Å². The van der Waals surface area contributed by atoms with Crippen LogP contribution in [0.5, 0.6) is 0 Å². The fourth-order valence-corrected chi connectivity index (χ4v) is 4.72. The summed E-state index contributed by atoms with van der Waals surface area (Å²) in [7, 11) is 0. The number of nitrogens with zero attached hydrogens (tertiary/aromatic N) is 2. The van der Waals surface area contributed by atoms with Crippen LogP contribution < -0.4 is 5.43 Å². The third-order valence-electron chi connectivity index (χ3n) is 3.46. The summed E-state index contributed by atoms with van der Waals surface area (Å²) in [6.45, 7) is 8.87. The van der Waals surface area contributed by atoms with Gasteiger partial charge in [0.25, 0.3) is 0 Å². The topological polar surface area (TPSA) is 34.9 Å². The predicted molar refractivity (Wildman–Crippen MR) is 87.1 cm³/mol. The molecule has 2 aromatic heterocycles. The lowest BCUT2D eigenvalue weighted by Crippen LogP contribution is -2.08. The van der Waals surface area contributed by atoms with Crippen molar-refractivity contribution in [2.75, 3.05) is 5.75 Å². The van der Waals surface area contributed by atoms with Crippen molar-refractivity contribution in [3.8, 4) is 0 Å². The molecule has 3 nitrogen and oxygen atoms in total. The molecule has 3 rings (SSSR count). The number of allylic oxidation sites excluding steroid dienone is 1. The minimum atomic E-state index is 0.157. The molecule has 0 saturated heterocycles. The lowest BCUT2D eigenvalue weighted by atomic mass is 10.2. The normalized spacial score (nSPS) is 13.9. The molecule has 0 amide bonds. The number of aryl methyl sites for hydroxylation is 1. The van der Waals surface area contributed by atoms with Gasteiger partial charge in [0.1, 0.15) is 10.3 Å². The van der Waals surface area contributed by atoms with E-state index >= 15 is 0 Å². The molecule has 20 heavy (non-hydrogen) atoms. The highest BCUT2D eigenvalue weighted by molar-refractivity contribution is 7.99. The summed E-state index contributed by atoms with van der Waals surface area (Å²) in [5, 5.41) is 0.947. The van der Waals surface area contributed by atoms with Crippen molar-refractivity contribution in [3.05, 3.63) is 32.8 Å². The van der Waals surface area contributed by atoms with Gasteiger partial charge in [0.15, 0.2) is 5.16 Å². The van der Waals surface area contributed by atoms with Crippen LogP contribution in [0.2, 0.25) is 0 Å². The number of hydrogen-bond donors (Lipinski definition) is 0. The molecular formula is C15H18N2OS2. The van der Waals surface area contributed by atoms with Gasteiger partial charge >= 0.3 is 0 Å². The zero-order valence-corrected chi connectivity index (χ0v) is 13.5. The van der Waals surface area contributed by atoms with Crippen LogP contribution in [0.25, 0.3) is 10.3 Å². The Morgan fingerprint density at radius 1 is 1.50 bits per heavy atom. The molecule has 2 heterocycles. The lowest BCUT2D eigenvalue weighted by molar-refractivity contribution is 0.726. The molecule has 0 bridgehead atoms. The summed E-state index contributed by atoms with van der Waals surface area (Å²) < 4.78 is 2.16. The van der Waals surface area contributed by atoms with E-state index in [4.69, 9.17) is 0 Å². The molecule has 1 aliphatic rings. The number of fused-ring (bicyclic) bond motifs is 2. The Kier molecular flexibility index (Phi) is 3.73. The molecule has 0 aromatic carbocycles. The van der Waals surface area contributed by atoms with Crippen LogP contribution in [0.1, 0.15) is 30.7 Å². The number of aromatic nitrogens is 2. The van der Waals surface area contributed by atoms with Crippen molar-refractivity contribution in [1.29, 1.82) is 0 Å². The average molecular weight is 306 g/mol. The highest BCUT2D eigenvalue weighted by Crippen LogP contribution is 2.32. The number of rotatable bonds is 4. The second kappa shape index (κ2) is 5.37. The van der Waals surface area contributed by atoms with E-state index < -0.39 is 0 Å². The van der Waals surface area contributed by atoms with Crippen molar-refractivity contribution >= 4 is 33.4 Å². The Hall–Kier alpha value is -1.07. The third-order valence-corrected chi connectivity index (χ3v) is 5.63. The number of thioether (sulfide) groups is 1. The molecule has 0 saturated carbocycles. The summed E-state index contributed by atoms with van der Waals surface area (Å²) in [5.41, 5.74) is 2.91. The van der Waals surface area contributed by atoms with Gasteiger partial charge in [0.05, 0.1) is 0 Å². The smallest absolute Gasteiger partial charge is 0.211 e. The van der Waals surface area contributed by atoms with Gasteiger partial charge < -0.3 is 4.57 Å². The Labute approximate surface area is 126 Å². The number of imidazole rings is 1. The molecule has 0 unspecified atom stereocenters. The van der Waals surface area contributed by atoms with Crippen molar-refractivity contribution in [1.82, 2.24) is 9.55 Å². The average Bonchev–Trinajstić information content (AvgIpc) is 2.97. The molecule has 5 heteroatoms. The van der Waals surface area contributed by atoms with Gasteiger partial charge in [-0.1, -0.05) is 30.8 Å². The SMILES string of the molecule is C=C(C)Cn1c(SCC)nc2c(=O)c3c(sc21)CCC3. The van der Waals surface area contributed by atoms with Crippen LogP contribution in [-0.4, -0.2) is 15.3 Å². The zero-order valence-electron chi connectivity index (χ0n) is 11.9. The molecular weight excluding hydrogens is 288 g/mol. The van der Waals surface area contributed by atoms with Crippen molar-refractivity contribution in [2.45, 2.75) is 44.8 Å². The zero-order chi connectivity index (χ0) is 14.3. The molecule has 1 aliphatic carbocycles. The first-order chi connectivity index (χ1) is 9.61. The summed E-state index contributed by atoms with van der Waals surface area (Å²) in [4.78, 5) is 19.5. The second-order valence-electron chi connectivity index (χ2n) is 5.21. The van der Waals surface area contributed by atoms with Crippen molar-refractivity contribution in [3.63, 3.8) is 0 Å². The highest BCUT2D eigenvalue weighted by Gasteiger charge is 2.22. The molecule has 0 atom stereocenters. The first-order valence-electron chi connectivity index (χ1n) is 6.94. The van der Waals surface area contributed by atoms with Crippen molar-refractivity contribution in [2.24, 2.45) is 0 Å². The largest absolute Gasteiger partial charge is 0.306 e. The van der Waals surface area contributed by atoms with Crippen LogP contribution in [-0.2, 0) is 19.4 Å². The van der Waals surface area contributed by atoms with Crippen LogP contribution >= 0.6 is 23.1 Å². The highest BCUT2D eigenvalue weighted by atomic mass is 32.2. The Morgan fingerprint density at radius 2 is 2.30 bits per heavy atom. The molecule has 0 N–H and O–H groups in total. The quantitative estimate of drug-likeness (QED) is 0.639. The second-order valence-corrected chi connectivity index (χ2v) is 7.53. The maximum absolute atomic E-state index is 12.6. The van der Waals surface area contributed by atoms with E-state index in [2.05, 4.69) is 23.1 Å². The lowest BCUT2D eigenvalue weighted by Gasteiger charge is -2.07. The number of hydrogen-bond acceptors (Lipinski definition) is 4. The fourth-order valence-electron chi connectivity index (χ4n) is 2.65. The molecule has 2 aromatic rings. The third kappa shape index (κ3) is 2.23. The molecule has 0 spiro atoms. The molecule has 0 aliphatic heterocycles. The van der Waals surface area contributed by atoms with E-state index in [1.807, 2.05) is 6.92 Å². The molecule has 0 radical (unpaired) electrons. The van der Waals surface area contributed by atoms with Gasteiger partial charge in [-0.25, -0.2) is 4.98 Å². The minimum Gasteiger partial charge on any atom is -0.306 e. The van der Waals surface area contributed by atoms with Crippen LogP contribution in [0, 0.1) is 0 Å². The molecule has 106 valence electrons. The Balaban J connectivity index is 2.27. The molecule has 0 fully saturated rings. The van der Waals surface area contributed by atoms with Gasteiger partial charge in [-0.2, -0.15) is 0 Å². The summed E-state index contributed by atoms with van der Waals surface area (Å²) >= 11 is 3.45. The first-order valence-corrected chi connectivity index (χ1v) is 8.74. The van der Waals surface area contributed by atoms with E-state index in [9.17, 15) is 4.79 Å².